The Morgan fingerprint density at radius 1 is 1.46 bits per heavy atom. The number of halogens is 2. The largest absolute Gasteiger partial charge is 0.495 e. The number of carbonyl (C=O) groups excluding carboxylic acids is 1. The number of methoxy groups -OCH3 is 1. The van der Waals surface area contributed by atoms with Gasteiger partial charge in [0.05, 0.1) is 24.2 Å². The Bertz CT molecular complexity index is 720. The number of carbonyl (C=O) groups is 1. The zero-order valence-electron chi connectivity index (χ0n) is 13.5. The van der Waals surface area contributed by atoms with Gasteiger partial charge in [-0.2, -0.15) is 5.10 Å². The zero-order valence-corrected chi connectivity index (χ0v) is 15.0. The predicted molar refractivity (Wildman–Crippen MR) is 96.2 cm³/mol. The van der Waals surface area contributed by atoms with Crippen LogP contribution in [0.25, 0.3) is 0 Å². The topological polar surface area (TPSA) is 68.2 Å². The average molecular weight is 371 g/mol. The van der Waals surface area contributed by atoms with Gasteiger partial charge in [-0.15, -0.1) is 12.4 Å². The van der Waals surface area contributed by atoms with Crippen LogP contribution >= 0.6 is 24.0 Å². The maximum absolute atomic E-state index is 12.6. The van der Waals surface area contributed by atoms with Crippen molar-refractivity contribution in [3.8, 4) is 5.75 Å². The molecule has 1 aliphatic heterocycles. The van der Waals surface area contributed by atoms with Gasteiger partial charge in [-0.3, -0.25) is 9.48 Å². The third kappa shape index (κ3) is 3.83. The first-order valence-electron chi connectivity index (χ1n) is 7.42. The summed E-state index contributed by atoms with van der Waals surface area (Å²) in [5.41, 5.74) is 1.74. The number of aryl methyl sites for hydroxylation is 1. The summed E-state index contributed by atoms with van der Waals surface area (Å²) in [4.78, 5) is 12.6. The number of rotatable bonds is 4. The van der Waals surface area contributed by atoms with Crippen LogP contribution in [0, 0.1) is 5.92 Å². The third-order valence-electron chi connectivity index (χ3n) is 4.12. The number of hydrogen-bond donors (Lipinski definition) is 2. The van der Waals surface area contributed by atoms with Gasteiger partial charge in [-0.1, -0.05) is 11.6 Å². The average Bonchev–Trinajstić information content (AvgIpc) is 3.15. The Hall–Kier alpha value is -1.76. The van der Waals surface area contributed by atoms with Crippen LogP contribution in [0.3, 0.4) is 0 Å². The van der Waals surface area contributed by atoms with E-state index in [-0.39, 0.29) is 30.2 Å². The Morgan fingerprint density at radius 3 is 2.88 bits per heavy atom. The van der Waals surface area contributed by atoms with E-state index >= 15 is 0 Å². The van der Waals surface area contributed by atoms with Gasteiger partial charge in [0.2, 0.25) is 5.91 Å². The van der Waals surface area contributed by atoms with E-state index in [0.717, 1.165) is 12.1 Å². The van der Waals surface area contributed by atoms with Crippen LogP contribution in [0.2, 0.25) is 5.02 Å². The Morgan fingerprint density at radius 2 is 2.25 bits per heavy atom. The molecule has 1 aromatic heterocycles. The molecule has 8 heteroatoms. The lowest BCUT2D eigenvalue weighted by atomic mass is 9.90. The highest BCUT2D eigenvalue weighted by molar-refractivity contribution is 6.32. The minimum absolute atomic E-state index is 0. The summed E-state index contributed by atoms with van der Waals surface area (Å²) in [5, 5.41) is 10.9. The molecule has 24 heavy (non-hydrogen) atoms. The smallest absolute Gasteiger partial charge is 0.229 e. The van der Waals surface area contributed by atoms with Crippen LogP contribution in [-0.2, 0) is 11.8 Å². The van der Waals surface area contributed by atoms with E-state index in [2.05, 4.69) is 15.7 Å². The molecule has 1 aromatic carbocycles. The fourth-order valence-electron chi connectivity index (χ4n) is 2.92. The molecule has 0 bridgehead atoms. The Kier molecular flexibility index (Phi) is 6.10. The van der Waals surface area contributed by atoms with E-state index in [4.69, 9.17) is 16.3 Å². The van der Waals surface area contributed by atoms with Crippen LogP contribution in [-0.4, -0.2) is 35.9 Å². The summed E-state index contributed by atoms with van der Waals surface area (Å²) in [5.74, 6) is 0.544. The second-order valence-corrected chi connectivity index (χ2v) is 6.06. The van der Waals surface area contributed by atoms with Crippen LogP contribution in [0.15, 0.2) is 30.6 Å². The van der Waals surface area contributed by atoms with Crippen molar-refractivity contribution in [2.45, 2.75) is 5.92 Å². The molecular formula is C16H20Cl2N4O2. The van der Waals surface area contributed by atoms with Crippen molar-refractivity contribution < 1.29 is 9.53 Å². The van der Waals surface area contributed by atoms with Gasteiger partial charge in [0.15, 0.2) is 0 Å². The third-order valence-corrected chi connectivity index (χ3v) is 4.42. The number of hydrogen-bond acceptors (Lipinski definition) is 4. The fourth-order valence-corrected chi connectivity index (χ4v) is 3.17. The molecule has 2 N–H and O–H groups in total. The second kappa shape index (κ2) is 7.88. The van der Waals surface area contributed by atoms with Crippen molar-refractivity contribution >= 4 is 35.6 Å². The van der Waals surface area contributed by atoms with Crippen molar-refractivity contribution in [3.05, 3.63) is 41.2 Å². The van der Waals surface area contributed by atoms with E-state index in [1.165, 1.54) is 0 Å². The molecule has 2 atom stereocenters. The molecule has 1 saturated heterocycles. The molecule has 2 aromatic rings. The number of aromatic nitrogens is 2. The molecule has 0 spiro atoms. The van der Waals surface area contributed by atoms with Gasteiger partial charge in [0.25, 0.3) is 0 Å². The molecule has 0 aliphatic carbocycles. The van der Waals surface area contributed by atoms with Gasteiger partial charge in [-0.25, -0.2) is 0 Å². The number of ether oxygens (including phenoxy) is 1. The lowest BCUT2D eigenvalue weighted by Gasteiger charge is -2.17. The SMILES string of the molecule is COc1ccc(NC(=O)[C@H]2CNC[C@@H]2c2cnn(C)c2)cc1Cl.Cl. The predicted octanol–water partition coefficient (Wildman–Crippen LogP) is 2.45. The maximum Gasteiger partial charge on any atom is 0.229 e. The van der Waals surface area contributed by atoms with Crippen LogP contribution in [0.4, 0.5) is 5.69 Å². The lowest BCUT2D eigenvalue weighted by molar-refractivity contribution is -0.119. The first-order valence-corrected chi connectivity index (χ1v) is 7.80. The van der Waals surface area contributed by atoms with Gasteiger partial charge >= 0.3 is 0 Å². The van der Waals surface area contributed by atoms with E-state index in [0.29, 0.717) is 23.0 Å². The normalized spacial score (nSPS) is 19.6. The number of anilines is 1. The first kappa shape index (κ1) is 18.6. The minimum Gasteiger partial charge on any atom is -0.495 e. The van der Waals surface area contributed by atoms with Crippen LogP contribution < -0.4 is 15.4 Å². The maximum atomic E-state index is 12.6. The molecule has 2 heterocycles. The highest BCUT2D eigenvalue weighted by Gasteiger charge is 2.34. The van der Waals surface area contributed by atoms with Crippen molar-refractivity contribution in [1.82, 2.24) is 15.1 Å². The molecule has 1 aliphatic rings. The van der Waals surface area contributed by atoms with Crippen LogP contribution in [0.1, 0.15) is 11.5 Å². The molecule has 1 fully saturated rings. The minimum atomic E-state index is -0.139. The monoisotopic (exact) mass is 370 g/mol. The Balaban J connectivity index is 0.00000208. The Labute approximate surface area is 151 Å². The summed E-state index contributed by atoms with van der Waals surface area (Å²) >= 11 is 6.10. The molecule has 1 amide bonds. The quantitative estimate of drug-likeness (QED) is 0.867. The summed E-state index contributed by atoms with van der Waals surface area (Å²) in [7, 11) is 3.43. The summed E-state index contributed by atoms with van der Waals surface area (Å²) in [6.07, 6.45) is 3.78. The van der Waals surface area contributed by atoms with Gasteiger partial charge in [-0.05, 0) is 23.8 Å². The number of nitrogens with zero attached hydrogens (tertiary/aromatic N) is 2. The molecule has 0 radical (unpaired) electrons. The van der Waals surface area contributed by atoms with Crippen molar-refractivity contribution in [1.29, 1.82) is 0 Å². The van der Waals surface area contributed by atoms with E-state index in [1.807, 2.05) is 19.4 Å². The summed E-state index contributed by atoms with van der Waals surface area (Å²) in [6.45, 7) is 1.42. The van der Waals surface area contributed by atoms with Crippen molar-refractivity contribution in [3.63, 3.8) is 0 Å². The molecule has 3 rings (SSSR count). The lowest BCUT2D eigenvalue weighted by Crippen LogP contribution is -2.28. The number of amides is 1. The summed E-state index contributed by atoms with van der Waals surface area (Å²) in [6, 6.07) is 5.22. The molecule has 0 unspecified atom stereocenters. The van der Waals surface area contributed by atoms with Crippen molar-refractivity contribution in [2.24, 2.45) is 13.0 Å². The van der Waals surface area contributed by atoms with E-state index < -0.39 is 0 Å². The number of benzene rings is 1. The van der Waals surface area contributed by atoms with Crippen molar-refractivity contribution in [2.75, 3.05) is 25.5 Å². The van der Waals surface area contributed by atoms with Gasteiger partial charge in [0.1, 0.15) is 5.75 Å². The molecule has 0 saturated carbocycles. The van der Waals surface area contributed by atoms with Gasteiger partial charge in [0, 0.05) is 37.9 Å². The highest BCUT2D eigenvalue weighted by Crippen LogP contribution is 2.31. The van der Waals surface area contributed by atoms with Gasteiger partial charge < -0.3 is 15.4 Å². The zero-order chi connectivity index (χ0) is 16.4. The molecule has 130 valence electrons. The first-order chi connectivity index (χ1) is 11.1. The van der Waals surface area contributed by atoms with Crippen LogP contribution in [0.5, 0.6) is 5.75 Å². The number of nitrogens with one attached hydrogen (secondary N) is 2. The van der Waals surface area contributed by atoms with E-state index in [1.54, 1.807) is 30.0 Å². The second-order valence-electron chi connectivity index (χ2n) is 5.66. The van der Waals surface area contributed by atoms with E-state index in [9.17, 15) is 4.79 Å². The molecule has 6 nitrogen and oxygen atoms in total. The fraction of sp³-hybridized carbons (Fsp3) is 0.375. The standard InChI is InChI=1S/C16H19ClN4O2.ClH/c1-21-9-10(6-19-21)12-7-18-8-13(12)16(22)20-11-3-4-15(23-2)14(17)5-11;/h3-6,9,12-13,18H,7-8H2,1-2H3,(H,20,22);1H/t12-,13+;/m1./s1. The summed E-state index contributed by atoms with van der Waals surface area (Å²) < 4.78 is 6.87. The highest BCUT2D eigenvalue weighted by atomic mass is 35.5. The molecular weight excluding hydrogens is 351 g/mol.